The smallest absolute Gasteiger partial charge is 0.253 e. The van der Waals surface area contributed by atoms with Gasteiger partial charge in [0.05, 0.1) is 10.7 Å². The molecule has 0 unspecified atom stereocenters. The Labute approximate surface area is 233 Å². The highest BCUT2D eigenvalue weighted by atomic mass is 35.5. The second-order valence-electron chi connectivity index (χ2n) is 10.2. The van der Waals surface area contributed by atoms with Crippen LogP contribution < -0.4 is 4.90 Å². The number of piperazine rings is 1. The molecule has 1 aromatic carbocycles. The third-order valence-electron chi connectivity index (χ3n) is 8.00. The first-order chi connectivity index (χ1) is 19.1. The average molecular weight is 545 g/mol. The first-order valence-corrected chi connectivity index (χ1v) is 14.0. The van der Waals surface area contributed by atoms with E-state index in [1.165, 1.54) is 0 Å². The van der Waals surface area contributed by atoms with Gasteiger partial charge in [0, 0.05) is 86.9 Å². The summed E-state index contributed by atoms with van der Waals surface area (Å²) in [6, 6.07) is 12.4. The number of carbonyl (C=O) groups excluding carboxylic acids is 1. The molecule has 39 heavy (non-hydrogen) atoms. The molecule has 2 aliphatic rings. The van der Waals surface area contributed by atoms with Crippen LogP contribution in [0.4, 0.5) is 5.82 Å². The van der Waals surface area contributed by atoms with Gasteiger partial charge in [0.25, 0.3) is 5.91 Å². The van der Waals surface area contributed by atoms with Gasteiger partial charge >= 0.3 is 0 Å². The molecule has 5 heterocycles. The van der Waals surface area contributed by atoms with Crippen molar-refractivity contribution in [2.75, 3.05) is 37.6 Å². The number of aromatic amines is 1. The standard InChI is InChI=1S/C29H33ClN8O/c1-2-23-20-36(28-26(30)18-22(19-33-28)27-31-11-12-32-27)16-17-37(23)24-8-14-35(15-9-24)29(39)21-4-6-25(7-5-21)38-13-3-10-34-38/h3-7,10-13,18-19,23-24H,2,8-9,14-17,20H2,1H3,(H,31,32)/t23-/m0/s1. The molecule has 1 amide bonds. The van der Waals surface area contributed by atoms with Crippen molar-refractivity contribution < 1.29 is 4.79 Å². The lowest BCUT2D eigenvalue weighted by Crippen LogP contribution is -2.58. The molecule has 2 aliphatic heterocycles. The van der Waals surface area contributed by atoms with Gasteiger partial charge in [0.1, 0.15) is 11.6 Å². The molecule has 3 aromatic heterocycles. The van der Waals surface area contributed by atoms with Gasteiger partial charge < -0.3 is 14.8 Å². The highest BCUT2D eigenvalue weighted by Crippen LogP contribution is 2.31. The van der Waals surface area contributed by atoms with E-state index < -0.39 is 0 Å². The summed E-state index contributed by atoms with van der Waals surface area (Å²) in [5.41, 5.74) is 2.56. The second-order valence-corrected chi connectivity index (χ2v) is 10.6. The van der Waals surface area contributed by atoms with Crippen molar-refractivity contribution in [1.29, 1.82) is 0 Å². The van der Waals surface area contributed by atoms with Crippen molar-refractivity contribution in [3.8, 4) is 17.1 Å². The predicted octanol–water partition coefficient (Wildman–Crippen LogP) is 4.52. The SMILES string of the molecule is CC[C@H]1CN(c2ncc(-c3ncc[nH]3)cc2Cl)CCN1C1CCN(C(=O)c2ccc(-n3cccn3)cc2)CC1. The van der Waals surface area contributed by atoms with E-state index in [1.807, 2.05) is 53.7 Å². The van der Waals surface area contributed by atoms with Crippen molar-refractivity contribution in [2.45, 2.75) is 38.3 Å². The fraction of sp³-hybridized carbons (Fsp3) is 0.379. The Morgan fingerprint density at radius 3 is 2.56 bits per heavy atom. The number of benzene rings is 1. The number of halogens is 1. The van der Waals surface area contributed by atoms with Gasteiger partial charge in [-0.25, -0.2) is 14.6 Å². The van der Waals surface area contributed by atoms with Crippen molar-refractivity contribution >= 4 is 23.3 Å². The Balaban J connectivity index is 1.05. The van der Waals surface area contributed by atoms with Gasteiger partial charge in [-0.1, -0.05) is 18.5 Å². The zero-order valence-corrected chi connectivity index (χ0v) is 22.8. The van der Waals surface area contributed by atoms with Crippen LogP contribution in [-0.4, -0.2) is 85.2 Å². The minimum atomic E-state index is 0.107. The highest BCUT2D eigenvalue weighted by molar-refractivity contribution is 6.33. The van der Waals surface area contributed by atoms with Crippen molar-refractivity contribution in [3.05, 3.63) is 78.0 Å². The van der Waals surface area contributed by atoms with Gasteiger partial charge in [0.2, 0.25) is 0 Å². The van der Waals surface area contributed by atoms with E-state index in [1.54, 1.807) is 23.3 Å². The summed E-state index contributed by atoms with van der Waals surface area (Å²) in [5, 5.41) is 4.91. The number of anilines is 1. The summed E-state index contributed by atoms with van der Waals surface area (Å²) in [7, 11) is 0. The fourth-order valence-corrected chi connectivity index (χ4v) is 6.17. The molecule has 0 aliphatic carbocycles. The monoisotopic (exact) mass is 544 g/mol. The van der Waals surface area contributed by atoms with E-state index in [9.17, 15) is 4.79 Å². The van der Waals surface area contributed by atoms with Gasteiger partial charge in [-0.05, 0) is 55.7 Å². The third kappa shape index (κ3) is 5.29. The van der Waals surface area contributed by atoms with Crippen LogP contribution in [0.5, 0.6) is 0 Å². The minimum absolute atomic E-state index is 0.107. The molecule has 4 aromatic rings. The van der Waals surface area contributed by atoms with E-state index >= 15 is 0 Å². The topological polar surface area (TPSA) is 86.2 Å². The molecule has 9 nitrogen and oxygen atoms in total. The molecule has 2 saturated heterocycles. The summed E-state index contributed by atoms with van der Waals surface area (Å²) < 4.78 is 1.80. The number of hydrogen-bond donors (Lipinski definition) is 1. The Kier molecular flexibility index (Phi) is 7.34. The molecule has 0 saturated carbocycles. The quantitative estimate of drug-likeness (QED) is 0.384. The molecule has 1 atom stereocenters. The van der Waals surface area contributed by atoms with Crippen LogP contribution in [0.3, 0.4) is 0 Å². The molecule has 0 bridgehead atoms. The lowest BCUT2D eigenvalue weighted by molar-refractivity contribution is 0.0491. The van der Waals surface area contributed by atoms with Crippen molar-refractivity contribution in [2.24, 2.45) is 0 Å². The van der Waals surface area contributed by atoms with Gasteiger partial charge in [-0.2, -0.15) is 5.10 Å². The molecule has 6 rings (SSSR count). The first kappa shape index (κ1) is 25.6. The number of aromatic nitrogens is 5. The number of hydrogen-bond acceptors (Lipinski definition) is 6. The van der Waals surface area contributed by atoms with E-state index in [-0.39, 0.29) is 5.91 Å². The molecule has 1 N–H and O–H groups in total. The van der Waals surface area contributed by atoms with E-state index in [0.29, 0.717) is 17.1 Å². The Morgan fingerprint density at radius 2 is 1.90 bits per heavy atom. The summed E-state index contributed by atoms with van der Waals surface area (Å²) in [5.74, 6) is 1.71. The number of likely N-dealkylation sites (tertiary alicyclic amines) is 1. The van der Waals surface area contributed by atoms with Crippen LogP contribution in [0.2, 0.25) is 5.02 Å². The number of nitrogens with one attached hydrogen (secondary N) is 1. The molecular weight excluding hydrogens is 512 g/mol. The van der Waals surface area contributed by atoms with Crippen LogP contribution in [0.25, 0.3) is 17.1 Å². The first-order valence-electron chi connectivity index (χ1n) is 13.7. The van der Waals surface area contributed by atoms with Crippen LogP contribution in [0.15, 0.2) is 67.4 Å². The number of piperidine rings is 1. The predicted molar refractivity (Wildman–Crippen MR) is 152 cm³/mol. The second kappa shape index (κ2) is 11.2. The van der Waals surface area contributed by atoms with Gasteiger partial charge in [-0.3, -0.25) is 9.69 Å². The minimum Gasteiger partial charge on any atom is -0.353 e. The van der Waals surface area contributed by atoms with Crippen molar-refractivity contribution in [1.82, 2.24) is 34.5 Å². The molecule has 0 radical (unpaired) electrons. The number of carbonyl (C=O) groups is 1. The van der Waals surface area contributed by atoms with Crippen LogP contribution in [-0.2, 0) is 0 Å². The van der Waals surface area contributed by atoms with E-state index in [2.05, 4.69) is 31.8 Å². The van der Waals surface area contributed by atoms with Crippen LogP contribution >= 0.6 is 11.6 Å². The summed E-state index contributed by atoms with van der Waals surface area (Å²) in [6.07, 6.45) is 12.0. The normalized spacial score (nSPS) is 19.0. The lowest BCUT2D eigenvalue weighted by atomic mass is 9.97. The highest BCUT2D eigenvalue weighted by Gasteiger charge is 2.35. The Morgan fingerprint density at radius 1 is 1.08 bits per heavy atom. The maximum atomic E-state index is 13.2. The number of H-pyrrole nitrogens is 1. The molecule has 2 fully saturated rings. The zero-order valence-electron chi connectivity index (χ0n) is 22.1. The number of imidazole rings is 1. The molecule has 10 heteroatoms. The Hall–Kier alpha value is -3.69. The average Bonchev–Trinajstić information content (AvgIpc) is 3.72. The van der Waals surface area contributed by atoms with Crippen molar-refractivity contribution in [3.63, 3.8) is 0 Å². The summed E-state index contributed by atoms with van der Waals surface area (Å²) in [6.45, 7) is 6.55. The van der Waals surface area contributed by atoms with Crippen LogP contribution in [0.1, 0.15) is 36.5 Å². The fourth-order valence-electron chi connectivity index (χ4n) is 5.88. The molecule has 0 spiro atoms. The Bertz CT molecular complexity index is 1380. The number of nitrogens with zero attached hydrogens (tertiary/aromatic N) is 7. The van der Waals surface area contributed by atoms with E-state index in [0.717, 1.165) is 80.4 Å². The number of pyridine rings is 1. The summed E-state index contributed by atoms with van der Waals surface area (Å²) >= 11 is 6.69. The summed E-state index contributed by atoms with van der Waals surface area (Å²) in [4.78, 5) is 32.3. The maximum Gasteiger partial charge on any atom is 0.253 e. The lowest BCUT2D eigenvalue weighted by Gasteiger charge is -2.47. The van der Waals surface area contributed by atoms with Gasteiger partial charge in [0.15, 0.2) is 0 Å². The zero-order chi connectivity index (χ0) is 26.8. The number of rotatable bonds is 6. The van der Waals surface area contributed by atoms with E-state index in [4.69, 9.17) is 16.6 Å². The number of amides is 1. The largest absolute Gasteiger partial charge is 0.353 e. The van der Waals surface area contributed by atoms with Gasteiger partial charge in [-0.15, -0.1) is 0 Å². The third-order valence-corrected chi connectivity index (χ3v) is 8.27. The maximum absolute atomic E-state index is 13.2. The molecular formula is C29H33ClN8O. The molecule has 202 valence electrons. The van der Waals surface area contributed by atoms with Crippen LogP contribution in [0, 0.1) is 0 Å².